The fraction of sp³-hybridized carbons (Fsp3) is 0.778. The number of hydrogen-bond donors (Lipinski definition) is 0. The third-order valence-electron chi connectivity index (χ3n) is 1.64. The van der Waals surface area contributed by atoms with Gasteiger partial charge in [-0.1, -0.05) is 0 Å². The minimum Gasteiger partial charge on any atom is -0.332 e. The molecule has 0 heterocycles. The van der Waals surface area contributed by atoms with Crippen molar-refractivity contribution in [1.29, 1.82) is 0 Å². The lowest BCUT2D eigenvalue weighted by molar-refractivity contribution is -0.133. The van der Waals surface area contributed by atoms with Crippen LogP contribution in [0.4, 0.5) is 0 Å². The van der Waals surface area contributed by atoms with E-state index in [0.717, 1.165) is 0 Å². The van der Waals surface area contributed by atoms with Crippen molar-refractivity contribution < 1.29 is 4.79 Å². The molecule has 0 saturated carbocycles. The van der Waals surface area contributed by atoms with Crippen LogP contribution in [0.5, 0.6) is 0 Å². The maximum absolute atomic E-state index is 11.3. The first-order valence-corrected chi connectivity index (χ1v) is 4.07. The minimum absolute atomic E-state index is 0.0366. The van der Waals surface area contributed by atoms with Gasteiger partial charge in [0.1, 0.15) is 0 Å². The van der Waals surface area contributed by atoms with Crippen LogP contribution in [0, 0.1) is 6.57 Å². The van der Waals surface area contributed by atoms with Crippen molar-refractivity contribution in [3.63, 3.8) is 0 Å². The van der Waals surface area contributed by atoms with Gasteiger partial charge in [0, 0.05) is 12.1 Å². The largest absolute Gasteiger partial charge is 0.332 e. The van der Waals surface area contributed by atoms with E-state index < -0.39 is 0 Å². The Labute approximate surface area is 74.2 Å². The molecular weight excluding hydrogens is 152 g/mol. The second-order valence-corrected chi connectivity index (χ2v) is 3.63. The van der Waals surface area contributed by atoms with E-state index in [1.165, 1.54) is 0 Å². The van der Waals surface area contributed by atoms with Crippen LogP contribution in [-0.4, -0.2) is 29.4 Å². The van der Waals surface area contributed by atoms with Gasteiger partial charge in [-0.05, 0) is 27.7 Å². The molecule has 0 N–H and O–H groups in total. The summed E-state index contributed by atoms with van der Waals surface area (Å²) in [7, 11) is 0. The third-order valence-corrected chi connectivity index (χ3v) is 1.64. The monoisotopic (exact) mass is 168 g/mol. The summed E-state index contributed by atoms with van der Waals surface area (Å²) in [5, 5.41) is 0. The Morgan fingerprint density at radius 3 is 2.25 bits per heavy atom. The summed E-state index contributed by atoms with van der Waals surface area (Å²) in [5.74, 6) is -0.0833. The van der Waals surface area contributed by atoms with Gasteiger partial charge in [-0.25, -0.2) is 6.57 Å². The quantitative estimate of drug-likeness (QED) is 0.574. The zero-order valence-corrected chi connectivity index (χ0v) is 8.22. The Balaban J connectivity index is 4.38. The molecular formula is C9H16N2O. The van der Waals surface area contributed by atoms with Crippen molar-refractivity contribution in [2.45, 2.75) is 33.2 Å². The van der Waals surface area contributed by atoms with Gasteiger partial charge in [0.15, 0.2) is 0 Å². The van der Waals surface area contributed by atoms with E-state index >= 15 is 0 Å². The van der Waals surface area contributed by atoms with E-state index in [2.05, 4.69) is 4.85 Å². The summed E-state index contributed by atoms with van der Waals surface area (Å²) in [5.41, 5.74) is -0.170. The maximum atomic E-state index is 11.3. The van der Waals surface area contributed by atoms with Gasteiger partial charge in [0.05, 0.1) is 0 Å². The fourth-order valence-electron chi connectivity index (χ4n) is 1.18. The molecule has 0 spiro atoms. The fourth-order valence-corrected chi connectivity index (χ4v) is 1.18. The molecule has 0 radical (unpaired) electrons. The molecule has 0 saturated heterocycles. The first kappa shape index (κ1) is 11.0. The molecule has 3 heteroatoms. The van der Waals surface area contributed by atoms with E-state index in [0.29, 0.717) is 6.54 Å². The van der Waals surface area contributed by atoms with Gasteiger partial charge in [0.25, 0.3) is 6.54 Å². The molecule has 0 bridgehead atoms. The molecule has 0 aromatic carbocycles. The molecule has 68 valence electrons. The number of amides is 1. The topological polar surface area (TPSA) is 24.7 Å². The third kappa shape index (κ3) is 2.91. The van der Waals surface area contributed by atoms with Gasteiger partial charge in [-0.3, -0.25) is 4.79 Å². The number of nitrogens with zero attached hydrogens (tertiary/aromatic N) is 2. The van der Waals surface area contributed by atoms with Crippen LogP contribution in [0.25, 0.3) is 4.85 Å². The molecule has 0 aromatic rings. The Morgan fingerprint density at radius 1 is 1.50 bits per heavy atom. The number of carbonyl (C=O) groups excluding carboxylic acids is 1. The molecule has 0 rings (SSSR count). The van der Waals surface area contributed by atoms with Gasteiger partial charge >= 0.3 is 5.91 Å². The molecule has 0 aliphatic heterocycles. The van der Waals surface area contributed by atoms with E-state index in [1.807, 2.05) is 27.7 Å². The second kappa shape index (κ2) is 4.10. The van der Waals surface area contributed by atoms with Crippen LogP contribution >= 0.6 is 0 Å². The lowest BCUT2D eigenvalue weighted by Crippen LogP contribution is -2.46. The Morgan fingerprint density at radius 2 is 2.00 bits per heavy atom. The van der Waals surface area contributed by atoms with Crippen LogP contribution in [0.15, 0.2) is 0 Å². The molecule has 0 aromatic heterocycles. The summed E-state index contributed by atoms with van der Waals surface area (Å²) in [6.07, 6.45) is 0. The van der Waals surface area contributed by atoms with Crippen molar-refractivity contribution >= 4 is 5.91 Å². The molecule has 1 amide bonds. The Hall–Kier alpha value is -1.04. The smallest absolute Gasteiger partial charge is 0.303 e. The van der Waals surface area contributed by atoms with Gasteiger partial charge < -0.3 is 9.74 Å². The lowest BCUT2D eigenvalue weighted by Gasteiger charge is -2.33. The maximum Gasteiger partial charge on any atom is 0.303 e. The molecule has 3 nitrogen and oxygen atoms in total. The second-order valence-electron chi connectivity index (χ2n) is 3.63. The minimum atomic E-state index is -0.170. The van der Waals surface area contributed by atoms with E-state index in [-0.39, 0.29) is 18.0 Å². The summed E-state index contributed by atoms with van der Waals surface area (Å²) in [6.45, 7) is 15.0. The van der Waals surface area contributed by atoms with Crippen molar-refractivity contribution in [3.05, 3.63) is 11.4 Å². The van der Waals surface area contributed by atoms with Crippen molar-refractivity contribution in [1.82, 2.24) is 4.90 Å². The number of hydrogen-bond acceptors (Lipinski definition) is 1. The zero-order chi connectivity index (χ0) is 9.78. The van der Waals surface area contributed by atoms with Crippen LogP contribution in [0.1, 0.15) is 27.7 Å². The van der Waals surface area contributed by atoms with Crippen molar-refractivity contribution in [2.75, 3.05) is 13.1 Å². The van der Waals surface area contributed by atoms with Crippen molar-refractivity contribution in [3.8, 4) is 0 Å². The SMILES string of the molecule is [C-]#[N+]CC(=O)N(CC)C(C)(C)C. The summed E-state index contributed by atoms with van der Waals surface area (Å²) in [6, 6.07) is 0. The van der Waals surface area contributed by atoms with E-state index in [9.17, 15) is 4.79 Å². The van der Waals surface area contributed by atoms with Gasteiger partial charge in [-0.15, -0.1) is 0 Å². The van der Waals surface area contributed by atoms with Crippen LogP contribution in [-0.2, 0) is 4.79 Å². The highest BCUT2D eigenvalue weighted by molar-refractivity contribution is 5.80. The van der Waals surface area contributed by atoms with Gasteiger partial charge in [-0.2, -0.15) is 0 Å². The lowest BCUT2D eigenvalue weighted by atomic mass is 10.1. The van der Waals surface area contributed by atoms with Crippen LogP contribution in [0.2, 0.25) is 0 Å². The van der Waals surface area contributed by atoms with E-state index in [1.54, 1.807) is 4.90 Å². The first-order valence-electron chi connectivity index (χ1n) is 4.07. The highest BCUT2D eigenvalue weighted by Gasteiger charge is 2.25. The predicted octanol–water partition coefficient (Wildman–Crippen LogP) is 1.55. The average Bonchev–Trinajstić information content (AvgIpc) is 1.85. The summed E-state index contributed by atoms with van der Waals surface area (Å²) in [4.78, 5) is 16.1. The highest BCUT2D eigenvalue weighted by Crippen LogP contribution is 2.12. The normalized spacial score (nSPS) is 10.6. The number of likely N-dealkylation sites (N-methyl/N-ethyl adjacent to an activating group) is 1. The molecule has 0 fully saturated rings. The van der Waals surface area contributed by atoms with Gasteiger partial charge in [0.2, 0.25) is 0 Å². The predicted molar refractivity (Wildman–Crippen MR) is 48.6 cm³/mol. The molecule has 0 aliphatic rings. The van der Waals surface area contributed by atoms with Crippen LogP contribution < -0.4 is 0 Å². The summed E-state index contributed by atoms with van der Waals surface area (Å²) >= 11 is 0. The highest BCUT2D eigenvalue weighted by atomic mass is 16.2. The molecule has 12 heavy (non-hydrogen) atoms. The average molecular weight is 168 g/mol. The zero-order valence-electron chi connectivity index (χ0n) is 8.22. The number of carbonyl (C=O) groups is 1. The number of rotatable bonds is 2. The van der Waals surface area contributed by atoms with Crippen molar-refractivity contribution in [2.24, 2.45) is 0 Å². The molecule has 0 atom stereocenters. The first-order chi connectivity index (χ1) is 5.43. The van der Waals surface area contributed by atoms with Crippen LogP contribution in [0.3, 0.4) is 0 Å². The Kier molecular flexibility index (Phi) is 3.75. The van der Waals surface area contributed by atoms with E-state index in [4.69, 9.17) is 6.57 Å². The Bertz CT molecular complexity index is 198. The molecule has 0 unspecified atom stereocenters. The molecule has 0 aliphatic carbocycles. The standard InChI is InChI=1S/C9H16N2O/c1-6-11(9(2,3)4)8(12)7-10-5/h6-7H2,1-4H3. The summed E-state index contributed by atoms with van der Waals surface area (Å²) < 4.78 is 0.